The van der Waals surface area contributed by atoms with Gasteiger partial charge in [0.05, 0.1) is 0 Å². The number of benzene rings is 2. The molecule has 0 amide bonds. The molecular weight excluding hydrogens is 516 g/mol. The zero-order chi connectivity index (χ0) is 26.0. The monoisotopic (exact) mass is 550 g/mol. The second-order valence-electron chi connectivity index (χ2n) is 8.86. The summed E-state index contributed by atoms with van der Waals surface area (Å²) in [6.07, 6.45) is 10.8. The molecule has 0 radical (unpaired) electrons. The van der Waals surface area contributed by atoms with E-state index in [9.17, 15) is 16.8 Å². The number of rotatable bonds is 15. The summed E-state index contributed by atoms with van der Waals surface area (Å²) in [5, 5.41) is 2.79. The van der Waals surface area contributed by atoms with E-state index in [0.717, 1.165) is 35.3 Å². The first-order valence-electron chi connectivity index (χ1n) is 12.3. The van der Waals surface area contributed by atoms with E-state index < -0.39 is 20.2 Å². The topological polar surface area (TPSA) is 86.7 Å². The van der Waals surface area contributed by atoms with Crippen LogP contribution in [-0.2, 0) is 26.7 Å². The molecule has 0 bridgehead atoms. The highest BCUT2D eigenvalue weighted by Gasteiger charge is 2.24. The SMILES string of the molecule is CCCCCCCCCCc1ccc(S(=O)(=O)Oc2cscc2OS(=O)(=O)c2ccc(C)cc2)cc1. The van der Waals surface area contributed by atoms with Crippen molar-refractivity contribution in [2.75, 3.05) is 0 Å². The molecule has 0 aliphatic heterocycles. The summed E-state index contributed by atoms with van der Waals surface area (Å²) in [6, 6.07) is 12.8. The summed E-state index contributed by atoms with van der Waals surface area (Å²) < 4.78 is 61.3. The van der Waals surface area contributed by atoms with E-state index >= 15 is 0 Å². The van der Waals surface area contributed by atoms with Crippen LogP contribution in [0.15, 0.2) is 69.1 Å². The minimum Gasteiger partial charge on any atom is -0.374 e. The molecule has 0 unspecified atom stereocenters. The van der Waals surface area contributed by atoms with Crippen molar-refractivity contribution in [2.24, 2.45) is 0 Å². The van der Waals surface area contributed by atoms with Crippen molar-refractivity contribution in [2.45, 2.75) is 81.4 Å². The van der Waals surface area contributed by atoms with Gasteiger partial charge in [0.1, 0.15) is 9.79 Å². The zero-order valence-corrected chi connectivity index (χ0v) is 23.3. The average molecular weight is 551 g/mol. The van der Waals surface area contributed by atoms with Crippen LogP contribution in [0.3, 0.4) is 0 Å². The van der Waals surface area contributed by atoms with Crippen molar-refractivity contribution < 1.29 is 25.2 Å². The Hall–Kier alpha value is -2.36. The van der Waals surface area contributed by atoms with Gasteiger partial charge in [-0.1, -0.05) is 81.7 Å². The Bertz CT molecular complexity index is 1290. The van der Waals surface area contributed by atoms with E-state index in [1.54, 1.807) is 24.3 Å². The second kappa shape index (κ2) is 13.3. The Balaban J connectivity index is 1.56. The first kappa shape index (κ1) is 28.2. The normalized spacial score (nSPS) is 11.9. The predicted octanol–water partition coefficient (Wildman–Crippen LogP) is 7.28. The van der Waals surface area contributed by atoms with Crippen molar-refractivity contribution in [3.8, 4) is 11.5 Å². The summed E-state index contributed by atoms with van der Waals surface area (Å²) in [5.41, 5.74) is 1.98. The Kier molecular flexibility index (Phi) is 10.4. The fraction of sp³-hybridized carbons (Fsp3) is 0.407. The quantitative estimate of drug-likeness (QED) is 0.146. The van der Waals surface area contributed by atoms with Crippen molar-refractivity contribution >= 4 is 31.6 Å². The van der Waals surface area contributed by atoms with Crippen molar-refractivity contribution in [3.05, 3.63) is 70.4 Å². The first-order valence-corrected chi connectivity index (χ1v) is 16.1. The number of unbranched alkanes of at least 4 members (excludes halogenated alkanes) is 7. The summed E-state index contributed by atoms with van der Waals surface area (Å²) >= 11 is 1.08. The number of hydrogen-bond acceptors (Lipinski definition) is 7. The molecule has 0 fully saturated rings. The molecule has 0 saturated heterocycles. The second-order valence-corrected chi connectivity index (χ2v) is 12.7. The van der Waals surface area contributed by atoms with E-state index in [-0.39, 0.29) is 21.3 Å². The van der Waals surface area contributed by atoms with Gasteiger partial charge < -0.3 is 8.37 Å². The van der Waals surface area contributed by atoms with Crippen LogP contribution in [0.5, 0.6) is 11.5 Å². The lowest BCUT2D eigenvalue weighted by Gasteiger charge is -2.10. The zero-order valence-electron chi connectivity index (χ0n) is 20.8. The van der Waals surface area contributed by atoms with Crippen LogP contribution in [0.1, 0.15) is 69.4 Å². The van der Waals surface area contributed by atoms with E-state index in [1.165, 1.54) is 80.0 Å². The minimum absolute atomic E-state index is 0.000663. The summed E-state index contributed by atoms with van der Waals surface area (Å²) in [4.78, 5) is -0.0269. The lowest BCUT2D eigenvalue weighted by Crippen LogP contribution is -2.13. The van der Waals surface area contributed by atoms with Gasteiger partial charge in [0.25, 0.3) is 0 Å². The number of aryl methyl sites for hydroxylation is 2. The third-order valence-corrected chi connectivity index (χ3v) is 9.03. The van der Waals surface area contributed by atoms with Crippen molar-refractivity contribution in [3.63, 3.8) is 0 Å². The van der Waals surface area contributed by atoms with Gasteiger partial charge >= 0.3 is 20.2 Å². The van der Waals surface area contributed by atoms with E-state index in [1.807, 2.05) is 6.92 Å². The lowest BCUT2D eigenvalue weighted by atomic mass is 10.0. The van der Waals surface area contributed by atoms with Crippen LogP contribution in [0.25, 0.3) is 0 Å². The summed E-state index contributed by atoms with van der Waals surface area (Å²) in [6.45, 7) is 4.06. The Morgan fingerprint density at radius 3 is 1.58 bits per heavy atom. The third kappa shape index (κ3) is 8.35. The average Bonchev–Trinajstić information content (AvgIpc) is 3.26. The van der Waals surface area contributed by atoms with Crippen LogP contribution in [-0.4, -0.2) is 16.8 Å². The van der Waals surface area contributed by atoms with Crippen molar-refractivity contribution in [1.29, 1.82) is 0 Å². The lowest BCUT2D eigenvalue weighted by molar-refractivity contribution is 0.451. The van der Waals surface area contributed by atoms with Crippen LogP contribution in [0.2, 0.25) is 0 Å². The molecule has 0 aliphatic carbocycles. The fourth-order valence-corrected chi connectivity index (χ4v) is 6.35. The molecule has 1 heterocycles. The fourth-order valence-electron chi connectivity index (χ4n) is 3.72. The molecule has 0 atom stereocenters. The first-order chi connectivity index (χ1) is 17.2. The Morgan fingerprint density at radius 2 is 1.08 bits per heavy atom. The molecule has 36 heavy (non-hydrogen) atoms. The maximum atomic E-state index is 12.8. The van der Waals surface area contributed by atoms with Gasteiger partial charge in [0, 0.05) is 10.8 Å². The number of thiophene rings is 1. The van der Waals surface area contributed by atoms with Crippen molar-refractivity contribution in [1.82, 2.24) is 0 Å². The van der Waals surface area contributed by atoms with Gasteiger partial charge in [0.15, 0.2) is 11.5 Å². The van der Waals surface area contributed by atoms with Gasteiger partial charge in [0.2, 0.25) is 0 Å². The molecule has 196 valence electrons. The molecular formula is C27H34O6S3. The van der Waals surface area contributed by atoms with Crippen LogP contribution in [0.4, 0.5) is 0 Å². The standard InChI is InChI=1S/C27H34O6S3/c1-3-4-5-6-7-8-9-10-11-23-14-18-25(19-15-23)36(30,31)33-27-21-34-20-26(27)32-35(28,29)24-16-12-22(2)13-17-24/h12-21H,3-11H2,1-2H3. The number of hydrogen-bond donors (Lipinski definition) is 0. The maximum absolute atomic E-state index is 12.8. The molecule has 3 aromatic rings. The minimum atomic E-state index is -4.16. The highest BCUT2D eigenvalue weighted by Crippen LogP contribution is 2.36. The molecule has 6 nitrogen and oxygen atoms in total. The highest BCUT2D eigenvalue weighted by molar-refractivity contribution is 7.87. The van der Waals surface area contributed by atoms with E-state index in [4.69, 9.17) is 8.37 Å². The maximum Gasteiger partial charge on any atom is 0.339 e. The molecule has 0 saturated carbocycles. The summed E-state index contributed by atoms with van der Waals surface area (Å²) in [7, 11) is -8.29. The van der Waals surface area contributed by atoms with Crippen LogP contribution < -0.4 is 8.37 Å². The molecule has 3 rings (SSSR count). The van der Waals surface area contributed by atoms with Gasteiger partial charge in [-0.15, -0.1) is 11.3 Å². The highest BCUT2D eigenvalue weighted by atomic mass is 32.2. The summed E-state index contributed by atoms with van der Waals surface area (Å²) in [5.74, 6) is -0.339. The molecule has 1 aromatic heterocycles. The Labute approximate surface area is 219 Å². The molecule has 2 aromatic carbocycles. The van der Waals surface area contributed by atoms with Crippen LogP contribution in [0, 0.1) is 6.92 Å². The van der Waals surface area contributed by atoms with Crippen LogP contribution >= 0.6 is 11.3 Å². The van der Waals surface area contributed by atoms with E-state index in [0.29, 0.717) is 0 Å². The molecule has 0 aliphatic rings. The molecule has 9 heteroatoms. The predicted molar refractivity (Wildman–Crippen MR) is 144 cm³/mol. The van der Waals surface area contributed by atoms with Gasteiger partial charge in [-0.05, 0) is 49.6 Å². The van der Waals surface area contributed by atoms with E-state index in [2.05, 4.69) is 6.92 Å². The van der Waals surface area contributed by atoms with Gasteiger partial charge in [-0.25, -0.2) is 0 Å². The Morgan fingerprint density at radius 1 is 0.639 bits per heavy atom. The molecule has 0 spiro atoms. The molecule has 0 N–H and O–H groups in total. The van der Waals surface area contributed by atoms with Gasteiger partial charge in [-0.2, -0.15) is 16.8 Å². The largest absolute Gasteiger partial charge is 0.374 e. The smallest absolute Gasteiger partial charge is 0.339 e. The van der Waals surface area contributed by atoms with Gasteiger partial charge in [-0.3, -0.25) is 0 Å². The third-order valence-electron chi connectivity index (χ3n) is 5.83.